The predicted octanol–water partition coefficient (Wildman–Crippen LogP) is 2.51. The van der Waals surface area contributed by atoms with Crippen LogP contribution in [0, 0.1) is 6.92 Å². The molecule has 0 bridgehead atoms. The largest absolute Gasteiger partial charge is 0.493 e. The van der Waals surface area contributed by atoms with Crippen LogP contribution in [0.4, 0.5) is 0 Å². The van der Waals surface area contributed by atoms with Crippen LogP contribution in [-0.2, 0) is 19.4 Å². The minimum atomic E-state index is -0.212. The Kier molecular flexibility index (Phi) is 4.25. The summed E-state index contributed by atoms with van der Waals surface area (Å²) in [5, 5.41) is 14.2. The summed E-state index contributed by atoms with van der Waals surface area (Å²) >= 11 is 0. The number of nitrogens with zero attached hydrogens (tertiary/aromatic N) is 2. The minimum Gasteiger partial charge on any atom is -0.493 e. The van der Waals surface area contributed by atoms with Gasteiger partial charge in [0.05, 0.1) is 18.9 Å². The molecule has 21 heavy (non-hydrogen) atoms. The number of ether oxygens (including phenoxy) is 1. The second-order valence-electron chi connectivity index (χ2n) is 5.70. The zero-order chi connectivity index (χ0) is 14.7. The number of hydrogen-bond acceptors (Lipinski definition) is 3. The highest BCUT2D eigenvalue weighted by Gasteiger charge is 2.20. The van der Waals surface area contributed by atoms with E-state index in [0.29, 0.717) is 6.61 Å². The van der Waals surface area contributed by atoms with Gasteiger partial charge < -0.3 is 9.84 Å². The van der Waals surface area contributed by atoms with E-state index in [0.717, 1.165) is 43.5 Å². The number of fused-ring (bicyclic) bond motifs is 1. The molecule has 1 unspecified atom stereocenters. The van der Waals surface area contributed by atoms with Crippen molar-refractivity contribution in [1.82, 2.24) is 9.78 Å². The van der Waals surface area contributed by atoms with Crippen molar-refractivity contribution in [3.05, 3.63) is 47.3 Å². The SMILES string of the molecule is Cc1ccccc1OCCCn1ncc2c1CC(O)CC2. The average molecular weight is 286 g/mol. The molecule has 0 amide bonds. The van der Waals surface area contributed by atoms with Crippen LogP contribution in [0.25, 0.3) is 0 Å². The second kappa shape index (κ2) is 6.31. The summed E-state index contributed by atoms with van der Waals surface area (Å²) < 4.78 is 7.84. The van der Waals surface area contributed by atoms with E-state index in [1.165, 1.54) is 11.3 Å². The Morgan fingerprint density at radius 1 is 1.38 bits per heavy atom. The molecule has 1 aliphatic carbocycles. The summed E-state index contributed by atoms with van der Waals surface area (Å²) in [6, 6.07) is 8.07. The fraction of sp³-hybridized carbons (Fsp3) is 0.471. The molecule has 0 saturated heterocycles. The van der Waals surface area contributed by atoms with E-state index < -0.39 is 0 Å². The standard InChI is InChI=1S/C17H22N2O2/c1-13-5-2-3-6-17(13)21-10-4-9-19-16-11-15(20)8-7-14(16)12-18-19/h2-3,5-6,12,15,20H,4,7-11H2,1H3. The second-order valence-corrected chi connectivity index (χ2v) is 5.70. The van der Waals surface area contributed by atoms with Gasteiger partial charge in [0.15, 0.2) is 0 Å². The molecule has 1 aliphatic rings. The first-order chi connectivity index (χ1) is 10.2. The monoisotopic (exact) mass is 286 g/mol. The molecule has 0 fully saturated rings. The van der Waals surface area contributed by atoms with E-state index >= 15 is 0 Å². The van der Waals surface area contributed by atoms with E-state index in [-0.39, 0.29) is 6.10 Å². The van der Waals surface area contributed by atoms with Crippen molar-refractivity contribution < 1.29 is 9.84 Å². The van der Waals surface area contributed by atoms with Gasteiger partial charge in [-0.15, -0.1) is 0 Å². The lowest BCUT2D eigenvalue weighted by Gasteiger charge is -2.19. The van der Waals surface area contributed by atoms with Crippen molar-refractivity contribution in [3.8, 4) is 5.75 Å². The predicted molar refractivity (Wildman–Crippen MR) is 81.5 cm³/mol. The Hall–Kier alpha value is -1.81. The summed E-state index contributed by atoms with van der Waals surface area (Å²) in [6.07, 6.45) is 5.18. The molecule has 112 valence electrons. The van der Waals surface area contributed by atoms with E-state index in [9.17, 15) is 5.11 Å². The maximum absolute atomic E-state index is 9.78. The quantitative estimate of drug-likeness (QED) is 0.859. The van der Waals surface area contributed by atoms with Crippen molar-refractivity contribution in [2.24, 2.45) is 0 Å². The summed E-state index contributed by atoms with van der Waals surface area (Å²) in [5.41, 5.74) is 3.65. The Balaban J connectivity index is 1.52. The van der Waals surface area contributed by atoms with Crippen molar-refractivity contribution in [2.75, 3.05) is 6.61 Å². The fourth-order valence-corrected chi connectivity index (χ4v) is 2.85. The minimum absolute atomic E-state index is 0.212. The lowest BCUT2D eigenvalue weighted by Crippen LogP contribution is -2.21. The molecule has 4 nitrogen and oxygen atoms in total. The number of hydrogen-bond donors (Lipinski definition) is 1. The molecule has 1 atom stereocenters. The van der Waals surface area contributed by atoms with Gasteiger partial charge in [-0.3, -0.25) is 4.68 Å². The Bertz CT molecular complexity index is 607. The number of aliphatic hydroxyl groups excluding tert-OH is 1. The lowest BCUT2D eigenvalue weighted by atomic mass is 9.96. The van der Waals surface area contributed by atoms with Crippen molar-refractivity contribution in [3.63, 3.8) is 0 Å². The molecule has 0 aliphatic heterocycles. The molecular formula is C17H22N2O2. The first kappa shape index (κ1) is 14.1. The van der Waals surface area contributed by atoms with Crippen molar-refractivity contribution in [2.45, 2.75) is 45.3 Å². The molecule has 0 spiro atoms. The van der Waals surface area contributed by atoms with Gasteiger partial charge in [0, 0.05) is 25.1 Å². The van der Waals surface area contributed by atoms with Gasteiger partial charge in [0.2, 0.25) is 0 Å². The van der Waals surface area contributed by atoms with Crippen LogP contribution in [0.1, 0.15) is 29.7 Å². The van der Waals surface area contributed by atoms with Gasteiger partial charge >= 0.3 is 0 Å². The fourth-order valence-electron chi connectivity index (χ4n) is 2.85. The Labute approximate surface area is 125 Å². The molecule has 1 N–H and O–H groups in total. The summed E-state index contributed by atoms with van der Waals surface area (Å²) in [5.74, 6) is 0.954. The molecule has 2 aromatic rings. The molecule has 1 aromatic heterocycles. The van der Waals surface area contributed by atoms with Gasteiger partial charge in [-0.1, -0.05) is 18.2 Å². The normalized spacial score (nSPS) is 17.5. The maximum Gasteiger partial charge on any atom is 0.122 e. The summed E-state index contributed by atoms with van der Waals surface area (Å²) in [7, 11) is 0. The number of aromatic nitrogens is 2. The van der Waals surface area contributed by atoms with Crippen LogP contribution in [0.2, 0.25) is 0 Å². The van der Waals surface area contributed by atoms with Crippen LogP contribution in [0.15, 0.2) is 30.5 Å². The van der Waals surface area contributed by atoms with Crippen LogP contribution >= 0.6 is 0 Å². The number of aryl methyl sites for hydroxylation is 3. The summed E-state index contributed by atoms with van der Waals surface area (Å²) in [6.45, 7) is 3.58. The van der Waals surface area contributed by atoms with E-state index in [1.807, 2.05) is 29.1 Å². The smallest absolute Gasteiger partial charge is 0.122 e. The van der Waals surface area contributed by atoms with Crippen molar-refractivity contribution >= 4 is 0 Å². The van der Waals surface area contributed by atoms with Crippen LogP contribution < -0.4 is 4.74 Å². The number of benzene rings is 1. The Morgan fingerprint density at radius 2 is 2.24 bits per heavy atom. The number of para-hydroxylation sites is 1. The highest BCUT2D eigenvalue weighted by atomic mass is 16.5. The number of rotatable bonds is 5. The third kappa shape index (κ3) is 3.27. The van der Waals surface area contributed by atoms with Gasteiger partial charge in [-0.2, -0.15) is 5.10 Å². The van der Waals surface area contributed by atoms with Crippen LogP contribution in [0.3, 0.4) is 0 Å². The first-order valence-electron chi connectivity index (χ1n) is 7.64. The first-order valence-corrected chi connectivity index (χ1v) is 7.64. The van der Waals surface area contributed by atoms with Gasteiger partial charge in [-0.05, 0) is 37.0 Å². The molecule has 0 saturated carbocycles. The maximum atomic E-state index is 9.78. The molecule has 3 rings (SSSR count). The topological polar surface area (TPSA) is 47.3 Å². The zero-order valence-electron chi connectivity index (χ0n) is 12.5. The van der Waals surface area contributed by atoms with E-state index in [2.05, 4.69) is 18.1 Å². The third-order valence-corrected chi connectivity index (χ3v) is 4.08. The third-order valence-electron chi connectivity index (χ3n) is 4.08. The molecule has 4 heteroatoms. The van der Waals surface area contributed by atoms with E-state index in [4.69, 9.17) is 4.74 Å². The molecule has 1 heterocycles. The van der Waals surface area contributed by atoms with Gasteiger partial charge in [0.25, 0.3) is 0 Å². The summed E-state index contributed by atoms with van der Waals surface area (Å²) in [4.78, 5) is 0. The highest BCUT2D eigenvalue weighted by molar-refractivity contribution is 5.31. The molecular weight excluding hydrogens is 264 g/mol. The average Bonchev–Trinajstić information content (AvgIpc) is 2.88. The molecule has 0 radical (unpaired) electrons. The highest BCUT2D eigenvalue weighted by Crippen LogP contribution is 2.21. The van der Waals surface area contributed by atoms with Gasteiger partial charge in [0.1, 0.15) is 5.75 Å². The lowest BCUT2D eigenvalue weighted by molar-refractivity contribution is 0.155. The van der Waals surface area contributed by atoms with E-state index in [1.54, 1.807) is 0 Å². The van der Waals surface area contributed by atoms with Crippen molar-refractivity contribution in [1.29, 1.82) is 0 Å². The van der Waals surface area contributed by atoms with Crippen LogP contribution in [0.5, 0.6) is 5.75 Å². The Morgan fingerprint density at radius 3 is 3.10 bits per heavy atom. The molecule has 1 aromatic carbocycles. The van der Waals surface area contributed by atoms with Gasteiger partial charge in [-0.25, -0.2) is 0 Å². The number of aliphatic hydroxyl groups is 1. The zero-order valence-corrected chi connectivity index (χ0v) is 12.5. The van der Waals surface area contributed by atoms with Crippen LogP contribution in [-0.4, -0.2) is 27.6 Å².